The molecule has 4 aromatic carbocycles. The lowest BCUT2D eigenvalue weighted by atomic mass is 10.0. The van der Waals surface area contributed by atoms with E-state index < -0.39 is 10.0 Å². The first-order chi connectivity index (χ1) is 16.4. The van der Waals surface area contributed by atoms with E-state index in [-0.39, 0.29) is 17.4 Å². The van der Waals surface area contributed by atoms with Crippen LogP contribution in [-0.4, -0.2) is 28.0 Å². The average Bonchev–Trinajstić information content (AvgIpc) is 2.86. The van der Waals surface area contributed by atoms with Crippen molar-refractivity contribution in [3.8, 4) is 11.5 Å². The number of carbonyl (C=O) groups excluding carboxylic acids is 1. The molecule has 2 N–H and O–H groups in total. The SMILES string of the molecule is COc1cccc(NS(=O)(=O)c2ccc(OCC(=O)NCc3cccc4ccccc34)cc2)c1. The van der Waals surface area contributed by atoms with Gasteiger partial charge in [-0.15, -0.1) is 0 Å². The van der Waals surface area contributed by atoms with Crippen molar-refractivity contribution in [1.82, 2.24) is 5.32 Å². The molecule has 34 heavy (non-hydrogen) atoms. The number of amides is 1. The molecular formula is C26H24N2O5S. The van der Waals surface area contributed by atoms with Crippen LogP contribution >= 0.6 is 0 Å². The maximum absolute atomic E-state index is 12.6. The summed E-state index contributed by atoms with van der Waals surface area (Å²) in [5.41, 5.74) is 1.41. The van der Waals surface area contributed by atoms with Crippen LogP contribution in [0.25, 0.3) is 10.8 Å². The van der Waals surface area contributed by atoms with Gasteiger partial charge in [-0.1, -0.05) is 48.5 Å². The number of hydrogen-bond acceptors (Lipinski definition) is 5. The molecule has 0 unspecified atom stereocenters. The Morgan fingerprint density at radius 2 is 1.59 bits per heavy atom. The van der Waals surface area contributed by atoms with Crippen molar-refractivity contribution in [3.63, 3.8) is 0 Å². The Hall–Kier alpha value is -4.04. The number of benzene rings is 4. The highest BCUT2D eigenvalue weighted by molar-refractivity contribution is 7.92. The minimum atomic E-state index is -3.78. The van der Waals surface area contributed by atoms with Gasteiger partial charge in [0.15, 0.2) is 6.61 Å². The second-order valence-corrected chi connectivity index (χ2v) is 9.19. The topological polar surface area (TPSA) is 93.7 Å². The second kappa shape index (κ2) is 10.3. The molecule has 1 amide bonds. The first-order valence-electron chi connectivity index (χ1n) is 10.6. The molecule has 7 nitrogen and oxygen atoms in total. The standard InChI is InChI=1S/C26H24N2O5S/c1-32-23-10-5-9-21(16-23)28-34(30,31)24-14-12-22(13-15-24)33-18-26(29)27-17-20-8-4-7-19-6-2-3-11-25(19)20/h2-16,28H,17-18H2,1H3,(H,27,29). The Morgan fingerprint density at radius 1 is 0.853 bits per heavy atom. The normalized spacial score (nSPS) is 11.1. The molecule has 174 valence electrons. The predicted molar refractivity (Wildman–Crippen MR) is 132 cm³/mol. The van der Waals surface area contributed by atoms with E-state index in [0.29, 0.717) is 23.7 Å². The maximum Gasteiger partial charge on any atom is 0.261 e. The molecule has 0 heterocycles. The van der Waals surface area contributed by atoms with E-state index in [1.807, 2.05) is 42.5 Å². The highest BCUT2D eigenvalue weighted by Crippen LogP contribution is 2.22. The van der Waals surface area contributed by atoms with Crippen molar-refractivity contribution in [3.05, 3.63) is 96.6 Å². The van der Waals surface area contributed by atoms with Gasteiger partial charge >= 0.3 is 0 Å². The Labute approximate surface area is 198 Å². The lowest BCUT2D eigenvalue weighted by Crippen LogP contribution is -2.28. The van der Waals surface area contributed by atoms with Gasteiger partial charge in [0.05, 0.1) is 17.7 Å². The van der Waals surface area contributed by atoms with Crippen LogP contribution in [0.5, 0.6) is 11.5 Å². The van der Waals surface area contributed by atoms with E-state index in [0.717, 1.165) is 16.3 Å². The van der Waals surface area contributed by atoms with Crippen LogP contribution in [-0.2, 0) is 21.4 Å². The lowest BCUT2D eigenvalue weighted by molar-refractivity contribution is -0.123. The van der Waals surface area contributed by atoms with Gasteiger partial charge in [0.25, 0.3) is 15.9 Å². The second-order valence-electron chi connectivity index (χ2n) is 7.51. The summed E-state index contributed by atoms with van der Waals surface area (Å²) in [5, 5.41) is 5.05. The molecule has 0 spiro atoms. The molecule has 0 aromatic heterocycles. The summed E-state index contributed by atoms with van der Waals surface area (Å²) < 4.78 is 38.4. The number of rotatable bonds is 9. The fourth-order valence-electron chi connectivity index (χ4n) is 3.46. The molecule has 0 fully saturated rings. The lowest BCUT2D eigenvalue weighted by Gasteiger charge is -2.11. The molecular weight excluding hydrogens is 452 g/mol. The van der Waals surface area contributed by atoms with Gasteiger partial charge < -0.3 is 14.8 Å². The molecule has 4 aromatic rings. The molecule has 0 aliphatic rings. The zero-order valence-electron chi connectivity index (χ0n) is 18.5. The molecule has 0 radical (unpaired) electrons. The predicted octanol–water partition coefficient (Wildman–Crippen LogP) is 4.34. The van der Waals surface area contributed by atoms with Crippen LogP contribution in [0.3, 0.4) is 0 Å². The highest BCUT2D eigenvalue weighted by atomic mass is 32.2. The maximum atomic E-state index is 12.6. The van der Waals surface area contributed by atoms with E-state index in [4.69, 9.17) is 9.47 Å². The Bertz CT molecular complexity index is 1400. The fraction of sp³-hybridized carbons (Fsp3) is 0.115. The number of anilines is 1. The highest BCUT2D eigenvalue weighted by Gasteiger charge is 2.15. The summed E-state index contributed by atoms with van der Waals surface area (Å²) in [5.74, 6) is 0.660. The van der Waals surface area contributed by atoms with Gasteiger partial charge in [-0.3, -0.25) is 9.52 Å². The Balaban J connectivity index is 1.32. The van der Waals surface area contributed by atoms with Crippen molar-refractivity contribution >= 4 is 32.4 Å². The summed E-state index contributed by atoms with van der Waals surface area (Å²) in [6.07, 6.45) is 0. The minimum Gasteiger partial charge on any atom is -0.497 e. The van der Waals surface area contributed by atoms with E-state index in [2.05, 4.69) is 10.0 Å². The summed E-state index contributed by atoms with van der Waals surface area (Å²) in [6, 6.07) is 26.5. The van der Waals surface area contributed by atoms with Crippen LogP contribution in [0.2, 0.25) is 0 Å². The van der Waals surface area contributed by atoms with Gasteiger partial charge in [0.1, 0.15) is 11.5 Å². The van der Waals surface area contributed by atoms with Gasteiger partial charge in [0.2, 0.25) is 0 Å². The number of ether oxygens (including phenoxy) is 2. The minimum absolute atomic E-state index is 0.0723. The van der Waals surface area contributed by atoms with E-state index in [1.165, 1.54) is 31.4 Å². The van der Waals surface area contributed by atoms with Crippen LogP contribution in [0.4, 0.5) is 5.69 Å². The largest absolute Gasteiger partial charge is 0.497 e. The summed E-state index contributed by atoms with van der Waals surface area (Å²) in [6.45, 7) is 0.204. The summed E-state index contributed by atoms with van der Waals surface area (Å²) in [4.78, 5) is 12.3. The average molecular weight is 477 g/mol. The number of nitrogens with one attached hydrogen (secondary N) is 2. The summed E-state index contributed by atoms with van der Waals surface area (Å²) in [7, 11) is -2.27. The quantitative estimate of drug-likeness (QED) is 0.375. The van der Waals surface area contributed by atoms with Gasteiger partial charge in [-0.2, -0.15) is 0 Å². The molecule has 0 atom stereocenters. The molecule has 0 saturated carbocycles. The molecule has 0 aliphatic carbocycles. The third kappa shape index (κ3) is 5.65. The van der Waals surface area contributed by atoms with Crippen molar-refractivity contribution in [2.45, 2.75) is 11.4 Å². The molecule has 0 bridgehead atoms. The number of carbonyl (C=O) groups is 1. The number of fused-ring (bicyclic) bond motifs is 1. The van der Waals surface area contributed by atoms with Crippen molar-refractivity contribution in [1.29, 1.82) is 0 Å². The zero-order chi connectivity index (χ0) is 24.0. The third-order valence-electron chi connectivity index (χ3n) is 5.18. The van der Waals surface area contributed by atoms with Crippen molar-refractivity contribution < 1.29 is 22.7 Å². The van der Waals surface area contributed by atoms with E-state index in [9.17, 15) is 13.2 Å². The third-order valence-corrected chi connectivity index (χ3v) is 6.58. The molecule has 0 aliphatic heterocycles. The van der Waals surface area contributed by atoms with E-state index in [1.54, 1.807) is 24.3 Å². The smallest absolute Gasteiger partial charge is 0.261 e. The Morgan fingerprint density at radius 3 is 2.38 bits per heavy atom. The molecule has 0 saturated heterocycles. The first kappa shape index (κ1) is 23.1. The van der Waals surface area contributed by atoms with Crippen LogP contribution in [0.15, 0.2) is 95.9 Å². The monoisotopic (exact) mass is 476 g/mol. The van der Waals surface area contributed by atoms with Crippen molar-refractivity contribution in [2.24, 2.45) is 0 Å². The fourth-order valence-corrected chi connectivity index (χ4v) is 4.51. The Kier molecular flexibility index (Phi) is 6.98. The summed E-state index contributed by atoms with van der Waals surface area (Å²) >= 11 is 0. The first-order valence-corrected chi connectivity index (χ1v) is 12.1. The van der Waals surface area contributed by atoms with Crippen molar-refractivity contribution in [2.75, 3.05) is 18.4 Å². The number of sulfonamides is 1. The zero-order valence-corrected chi connectivity index (χ0v) is 19.3. The van der Waals surface area contributed by atoms with Gasteiger partial charge in [-0.05, 0) is 52.7 Å². The van der Waals surface area contributed by atoms with Crippen LogP contribution < -0.4 is 19.5 Å². The van der Waals surface area contributed by atoms with E-state index >= 15 is 0 Å². The number of methoxy groups -OCH3 is 1. The molecule has 8 heteroatoms. The van der Waals surface area contributed by atoms with Crippen LogP contribution in [0.1, 0.15) is 5.56 Å². The van der Waals surface area contributed by atoms with Gasteiger partial charge in [-0.25, -0.2) is 8.42 Å². The number of hydrogen-bond donors (Lipinski definition) is 2. The van der Waals surface area contributed by atoms with Crippen LogP contribution in [0, 0.1) is 0 Å². The molecule has 4 rings (SSSR count). The van der Waals surface area contributed by atoms with Gasteiger partial charge in [0, 0.05) is 12.6 Å².